The molecule has 8 heteroatoms. The monoisotopic (exact) mass is 318 g/mol. The first-order valence-corrected chi connectivity index (χ1v) is 6.76. The molecule has 1 aromatic rings. The van der Waals surface area contributed by atoms with Gasteiger partial charge in [-0.2, -0.15) is 0 Å². The van der Waals surface area contributed by atoms with Crippen molar-refractivity contribution in [2.75, 3.05) is 13.2 Å². The summed E-state index contributed by atoms with van der Waals surface area (Å²) in [5.74, 6) is 0.332. The van der Waals surface area contributed by atoms with Crippen LogP contribution in [0.3, 0.4) is 0 Å². The Hall–Kier alpha value is -1.26. The molecular weight excluding hydrogens is 296 g/mol. The molecule has 0 radical (unpaired) electrons. The number of ether oxygens (including phenoxy) is 1. The number of aliphatic hydroxyl groups excluding tert-OH is 7. The molecule has 0 bridgehead atoms. The van der Waals surface area contributed by atoms with Gasteiger partial charge in [-0.25, -0.2) is 0 Å². The van der Waals surface area contributed by atoms with E-state index in [1.807, 2.05) is 0 Å². The molecule has 7 N–H and O–H groups in total. The second-order valence-electron chi connectivity index (χ2n) is 4.86. The Morgan fingerprint density at radius 3 is 1.77 bits per heavy atom. The van der Waals surface area contributed by atoms with Crippen LogP contribution in [0.5, 0.6) is 5.75 Å². The smallest absolute Gasteiger partial charge is 0.150 e. The van der Waals surface area contributed by atoms with Gasteiger partial charge < -0.3 is 40.5 Å². The number of benzene rings is 1. The molecule has 6 atom stereocenters. The average molecular weight is 318 g/mol. The predicted molar refractivity (Wildman–Crippen MR) is 75.1 cm³/mol. The van der Waals surface area contributed by atoms with E-state index in [1.54, 1.807) is 30.3 Å². The normalized spacial score (nSPS) is 19.8. The van der Waals surface area contributed by atoms with Crippen molar-refractivity contribution in [3.63, 3.8) is 0 Å². The first kappa shape index (κ1) is 18.8. The van der Waals surface area contributed by atoms with Gasteiger partial charge in [-0.3, -0.25) is 0 Å². The Balaban J connectivity index is 2.71. The summed E-state index contributed by atoms with van der Waals surface area (Å²) in [6, 6.07) is 8.22. The zero-order valence-electron chi connectivity index (χ0n) is 11.8. The molecule has 0 aliphatic rings. The highest BCUT2D eigenvalue weighted by Gasteiger charge is 2.38. The number of rotatable bonds is 9. The summed E-state index contributed by atoms with van der Waals surface area (Å²) in [7, 11) is 0. The van der Waals surface area contributed by atoms with Gasteiger partial charge in [0.1, 0.15) is 36.3 Å². The van der Waals surface area contributed by atoms with Gasteiger partial charge in [0.05, 0.1) is 13.2 Å². The van der Waals surface area contributed by atoms with E-state index in [4.69, 9.17) is 9.84 Å². The fourth-order valence-electron chi connectivity index (χ4n) is 1.85. The van der Waals surface area contributed by atoms with Crippen molar-refractivity contribution in [2.24, 2.45) is 0 Å². The quantitative estimate of drug-likeness (QED) is 0.258. The van der Waals surface area contributed by atoms with Crippen molar-refractivity contribution in [3.05, 3.63) is 30.3 Å². The van der Waals surface area contributed by atoms with Crippen molar-refractivity contribution >= 4 is 0 Å². The molecule has 0 amide bonds. The number of hydrogen-bond donors (Lipinski definition) is 7. The zero-order chi connectivity index (χ0) is 16.7. The largest absolute Gasteiger partial charge is 0.485 e. The van der Waals surface area contributed by atoms with Gasteiger partial charge in [0.25, 0.3) is 0 Å². The maximum absolute atomic E-state index is 9.96. The fraction of sp³-hybridized carbons (Fsp3) is 0.571. The predicted octanol–water partition coefficient (Wildman–Crippen LogP) is -2.78. The van der Waals surface area contributed by atoms with Crippen LogP contribution < -0.4 is 4.74 Å². The third-order valence-corrected chi connectivity index (χ3v) is 3.22. The molecular formula is C14H22O8. The van der Waals surface area contributed by atoms with E-state index >= 15 is 0 Å². The maximum Gasteiger partial charge on any atom is 0.150 e. The van der Waals surface area contributed by atoms with Crippen LogP contribution in [-0.4, -0.2) is 85.6 Å². The summed E-state index contributed by atoms with van der Waals surface area (Å²) in [6.45, 7) is -1.48. The van der Waals surface area contributed by atoms with E-state index in [2.05, 4.69) is 0 Å². The molecule has 1 rings (SSSR count). The summed E-state index contributed by atoms with van der Waals surface area (Å²) in [6.07, 6.45) is -10.4. The van der Waals surface area contributed by atoms with Crippen molar-refractivity contribution in [3.8, 4) is 5.75 Å². The molecule has 1 aromatic carbocycles. The molecule has 0 saturated carbocycles. The Bertz CT molecular complexity index is 415. The first-order chi connectivity index (χ1) is 10.4. The number of aliphatic hydroxyl groups is 7. The van der Waals surface area contributed by atoms with Crippen LogP contribution in [0, 0.1) is 0 Å². The third-order valence-electron chi connectivity index (χ3n) is 3.22. The second-order valence-corrected chi connectivity index (χ2v) is 4.86. The van der Waals surface area contributed by atoms with Crippen molar-refractivity contribution in [1.82, 2.24) is 0 Å². The lowest BCUT2D eigenvalue weighted by Crippen LogP contribution is -2.54. The standard InChI is InChI=1S/C14H22O8/c15-6-9(17)11(18)13(20)14(21)12(19)10(7-16)22-8-4-2-1-3-5-8/h1-5,9-21H,6-7H2/t9-,10?,11-,12?,13+,14+/m1/s1. The Labute approximate surface area is 127 Å². The summed E-state index contributed by atoms with van der Waals surface area (Å²) < 4.78 is 5.30. The van der Waals surface area contributed by atoms with Crippen LogP contribution in [0.4, 0.5) is 0 Å². The highest BCUT2D eigenvalue weighted by molar-refractivity contribution is 5.21. The van der Waals surface area contributed by atoms with Crippen LogP contribution in [0.25, 0.3) is 0 Å². The Morgan fingerprint density at radius 1 is 0.727 bits per heavy atom. The molecule has 0 aromatic heterocycles. The van der Waals surface area contributed by atoms with Crippen molar-refractivity contribution < 1.29 is 40.5 Å². The topological polar surface area (TPSA) is 151 Å². The molecule has 0 spiro atoms. The Morgan fingerprint density at radius 2 is 1.27 bits per heavy atom. The molecule has 126 valence electrons. The van der Waals surface area contributed by atoms with Crippen LogP contribution in [0.2, 0.25) is 0 Å². The van der Waals surface area contributed by atoms with Gasteiger partial charge in [0, 0.05) is 0 Å². The number of para-hydroxylation sites is 1. The van der Waals surface area contributed by atoms with Gasteiger partial charge in [-0.1, -0.05) is 18.2 Å². The second kappa shape index (κ2) is 9.01. The minimum Gasteiger partial charge on any atom is -0.485 e. The van der Waals surface area contributed by atoms with Crippen molar-refractivity contribution in [1.29, 1.82) is 0 Å². The molecule has 0 aliphatic carbocycles. The van der Waals surface area contributed by atoms with Gasteiger partial charge in [-0.15, -0.1) is 0 Å². The van der Waals surface area contributed by atoms with Gasteiger partial charge in [-0.05, 0) is 12.1 Å². The summed E-state index contributed by atoms with van der Waals surface area (Å²) >= 11 is 0. The molecule has 0 fully saturated rings. The highest BCUT2D eigenvalue weighted by atomic mass is 16.5. The molecule has 22 heavy (non-hydrogen) atoms. The van der Waals surface area contributed by atoms with Gasteiger partial charge in [0.2, 0.25) is 0 Å². The molecule has 0 saturated heterocycles. The van der Waals surface area contributed by atoms with E-state index in [0.29, 0.717) is 5.75 Å². The lowest BCUT2D eigenvalue weighted by Gasteiger charge is -2.31. The SMILES string of the molecule is OCC(Oc1ccccc1)C(O)[C@H](O)[C@@H](O)[C@H](O)[C@H](O)CO. The van der Waals surface area contributed by atoms with Crippen LogP contribution in [-0.2, 0) is 0 Å². The van der Waals surface area contributed by atoms with Crippen molar-refractivity contribution in [2.45, 2.75) is 36.6 Å². The van der Waals surface area contributed by atoms with E-state index in [9.17, 15) is 30.6 Å². The maximum atomic E-state index is 9.96. The average Bonchev–Trinajstić information content (AvgIpc) is 2.57. The molecule has 8 nitrogen and oxygen atoms in total. The summed E-state index contributed by atoms with van der Waals surface area (Å²) in [4.78, 5) is 0. The van der Waals surface area contributed by atoms with E-state index < -0.39 is 49.8 Å². The fourth-order valence-corrected chi connectivity index (χ4v) is 1.85. The molecule has 0 heterocycles. The molecule has 2 unspecified atom stereocenters. The zero-order valence-corrected chi connectivity index (χ0v) is 11.8. The van der Waals surface area contributed by atoms with Crippen LogP contribution in [0.15, 0.2) is 30.3 Å². The minimum absolute atomic E-state index is 0.332. The highest BCUT2D eigenvalue weighted by Crippen LogP contribution is 2.16. The minimum atomic E-state index is -1.94. The Kier molecular flexibility index (Phi) is 7.69. The van der Waals surface area contributed by atoms with E-state index in [0.717, 1.165) is 0 Å². The van der Waals surface area contributed by atoms with Gasteiger partial charge in [0.15, 0.2) is 6.10 Å². The van der Waals surface area contributed by atoms with Crippen LogP contribution >= 0.6 is 0 Å². The van der Waals surface area contributed by atoms with Gasteiger partial charge >= 0.3 is 0 Å². The lowest BCUT2D eigenvalue weighted by atomic mass is 9.96. The third kappa shape index (κ3) is 4.89. The lowest BCUT2D eigenvalue weighted by molar-refractivity contribution is -0.158. The van der Waals surface area contributed by atoms with Crippen LogP contribution in [0.1, 0.15) is 0 Å². The molecule has 0 aliphatic heterocycles. The number of hydrogen-bond acceptors (Lipinski definition) is 8. The van der Waals surface area contributed by atoms with E-state index in [1.165, 1.54) is 0 Å². The summed E-state index contributed by atoms with van der Waals surface area (Å²) in [5.41, 5.74) is 0. The van der Waals surface area contributed by atoms with E-state index in [-0.39, 0.29) is 0 Å². The first-order valence-electron chi connectivity index (χ1n) is 6.76. The summed E-state index contributed by atoms with van der Waals surface area (Å²) in [5, 5.41) is 66.2.